The summed E-state index contributed by atoms with van der Waals surface area (Å²) in [6.45, 7) is 6.53. The number of allylic oxidation sites excluding steroid dienone is 1. The van der Waals surface area contributed by atoms with Crippen LogP contribution in [0.3, 0.4) is 0 Å². The van der Waals surface area contributed by atoms with Gasteiger partial charge in [-0.25, -0.2) is 9.59 Å². The van der Waals surface area contributed by atoms with Gasteiger partial charge in [0.2, 0.25) is 0 Å². The molecule has 120 valence electrons. The van der Waals surface area contributed by atoms with E-state index in [1.165, 1.54) is 6.92 Å². The van der Waals surface area contributed by atoms with Crippen molar-refractivity contribution in [2.45, 2.75) is 52.2 Å². The van der Waals surface area contributed by atoms with Crippen molar-refractivity contribution in [3.05, 3.63) is 12.2 Å². The zero-order valence-electron chi connectivity index (χ0n) is 12.8. The average Bonchev–Trinajstić information content (AvgIpc) is 2.28. The largest absolute Gasteiger partial charge is 0.480 e. The Morgan fingerprint density at radius 2 is 1.86 bits per heavy atom. The monoisotopic (exact) mass is 301 g/mol. The van der Waals surface area contributed by atoms with Crippen LogP contribution in [0.1, 0.15) is 40.5 Å². The van der Waals surface area contributed by atoms with Crippen LogP contribution in [0.4, 0.5) is 4.79 Å². The highest BCUT2D eigenvalue weighted by Gasteiger charge is 2.23. The number of esters is 1. The molecule has 0 fully saturated rings. The lowest BCUT2D eigenvalue weighted by molar-refractivity contribution is -0.140. The molecular formula is C14H23NO6. The Balaban J connectivity index is 4.17. The Morgan fingerprint density at radius 1 is 1.24 bits per heavy atom. The number of carboxylic acid groups (broad SMARTS) is 1. The normalized spacial score (nSPS) is 12.8. The number of nitrogens with one attached hydrogen (secondary N) is 1. The molecule has 0 radical (unpaired) electrons. The third-order valence-electron chi connectivity index (χ3n) is 2.16. The van der Waals surface area contributed by atoms with E-state index in [1.54, 1.807) is 32.9 Å². The van der Waals surface area contributed by atoms with Crippen molar-refractivity contribution >= 4 is 18.0 Å². The van der Waals surface area contributed by atoms with Crippen LogP contribution in [-0.4, -0.2) is 41.4 Å². The summed E-state index contributed by atoms with van der Waals surface area (Å²) in [6, 6.07) is -1.03. The molecule has 1 atom stereocenters. The lowest BCUT2D eigenvalue weighted by Crippen LogP contribution is -2.43. The zero-order chi connectivity index (χ0) is 16.5. The Kier molecular flexibility index (Phi) is 8.11. The topological polar surface area (TPSA) is 102 Å². The van der Waals surface area contributed by atoms with Crippen LogP contribution in [-0.2, 0) is 19.1 Å². The highest BCUT2D eigenvalue weighted by atomic mass is 16.6. The molecule has 0 saturated heterocycles. The second-order valence-electron chi connectivity index (χ2n) is 5.39. The van der Waals surface area contributed by atoms with E-state index >= 15 is 0 Å². The average molecular weight is 301 g/mol. The van der Waals surface area contributed by atoms with Gasteiger partial charge in [0.25, 0.3) is 0 Å². The number of ether oxygens (including phenoxy) is 2. The Bertz CT molecular complexity index is 397. The van der Waals surface area contributed by atoms with Crippen LogP contribution in [0.15, 0.2) is 12.2 Å². The molecule has 0 aliphatic heterocycles. The van der Waals surface area contributed by atoms with Gasteiger partial charge < -0.3 is 19.9 Å². The van der Waals surface area contributed by atoms with Crippen molar-refractivity contribution in [1.29, 1.82) is 0 Å². The minimum Gasteiger partial charge on any atom is -0.480 e. The molecule has 0 saturated carbocycles. The standard InChI is InChI=1S/C14H23NO6/c1-10(16)20-9-7-5-6-8-11(12(17)18)15-13(19)21-14(2,3)4/h5,7,11H,6,8-9H2,1-4H3,(H,15,19)(H,17,18)/t11-/m0/s1. The quantitative estimate of drug-likeness (QED) is 0.549. The number of carbonyl (C=O) groups is 3. The van der Waals surface area contributed by atoms with Gasteiger partial charge in [-0.1, -0.05) is 12.2 Å². The second kappa shape index (κ2) is 8.99. The fraction of sp³-hybridized carbons (Fsp3) is 0.643. The summed E-state index contributed by atoms with van der Waals surface area (Å²) in [6.07, 6.45) is 3.18. The Morgan fingerprint density at radius 3 is 2.33 bits per heavy atom. The number of alkyl carbamates (subject to hydrolysis) is 1. The summed E-state index contributed by atoms with van der Waals surface area (Å²) in [4.78, 5) is 33.1. The molecule has 0 bridgehead atoms. The predicted molar refractivity (Wildman–Crippen MR) is 75.8 cm³/mol. The summed E-state index contributed by atoms with van der Waals surface area (Å²) in [5.41, 5.74) is -0.683. The molecule has 7 nitrogen and oxygen atoms in total. The smallest absolute Gasteiger partial charge is 0.408 e. The SMILES string of the molecule is CC(=O)OCC=CCC[C@H](NC(=O)OC(C)(C)C)C(=O)O. The van der Waals surface area contributed by atoms with Gasteiger partial charge >= 0.3 is 18.0 Å². The van der Waals surface area contributed by atoms with E-state index in [2.05, 4.69) is 10.1 Å². The van der Waals surface area contributed by atoms with E-state index in [4.69, 9.17) is 9.84 Å². The summed E-state index contributed by atoms with van der Waals surface area (Å²) >= 11 is 0. The van der Waals surface area contributed by atoms with E-state index in [1.807, 2.05) is 0 Å². The van der Waals surface area contributed by atoms with Crippen LogP contribution >= 0.6 is 0 Å². The molecule has 0 aromatic rings. The molecule has 0 aliphatic rings. The first kappa shape index (κ1) is 18.9. The lowest BCUT2D eigenvalue weighted by atomic mass is 10.1. The maximum Gasteiger partial charge on any atom is 0.408 e. The second-order valence-corrected chi connectivity index (χ2v) is 5.39. The van der Waals surface area contributed by atoms with Gasteiger partial charge in [0.1, 0.15) is 18.2 Å². The molecular weight excluding hydrogens is 278 g/mol. The van der Waals surface area contributed by atoms with Gasteiger partial charge in [0.05, 0.1) is 0 Å². The maximum absolute atomic E-state index is 11.5. The summed E-state index contributed by atoms with van der Waals surface area (Å²) in [5, 5.41) is 11.3. The van der Waals surface area contributed by atoms with Crippen molar-refractivity contribution in [2.24, 2.45) is 0 Å². The van der Waals surface area contributed by atoms with Gasteiger partial charge in [-0.05, 0) is 33.6 Å². The minimum absolute atomic E-state index is 0.145. The molecule has 0 aliphatic carbocycles. The number of hydrogen-bond acceptors (Lipinski definition) is 5. The first-order valence-corrected chi connectivity index (χ1v) is 6.62. The maximum atomic E-state index is 11.5. The number of amides is 1. The summed E-state index contributed by atoms with van der Waals surface area (Å²) < 4.78 is 9.68. The van der Waals surface area contributed by atoms with Crippen molar-refractivity contribution in [3.8, 4) is 0 Å². The first-order valence-electron chi connectivity index (χ1n) is 6.62. The zero-order valence-corrected chi connectivity index (χ0v) is 12.8. The van der Waals surface area contributed by atoms with E-state index in [0.29, 0.717) is 6.42 Å². The fourth-order valence-corrected chi connectivity index (χ4v) is 1.32. The number of aliphatic carboxylic acids is 1. The van der Waals surface area contributed by atoms with Gasteiger partial charge in [-0.2, -0.15) is 0 Å². The van der Waals surface area contributed by atoms with Crippen molar-refractivity contribution in [3.63, 3.8) is 0 Å². The molecule has 0 unspecified atom stereocenters. The van der Waals surface area contributed by atoms with Crippen LogP contribution in [0.2, 0.25) is 0 Å². The van der Waals surface area contributed by atoms with E-state index in [-0.39, 0.29) is 19.0 Å². The van der Waals surface area contributed by atoms with Gasteiger partial charge in [-0.15, -0.1) is 0 Å². The first-order chi connectivity index (χ1) is 9.61. The number of rotatable bonds is 7. The van der Waals surface area contributed by atoms with Crippen LogP contribution < -0.4 is 5.32 Å². The number of carbonyl (C=O) groups excluding carboxylic acids is 2. The Labute approximate surface area is 124 Å². The van der Waals surface area contributed by atoms with Crippen molar-refractivity contribution in [2.75, 3.05) is 6.61 Å². The molecule has 7 heteroatoms. The molecule has 1 amide bonds. The van der Waals surface area contributed by atoms with Crippen molar-refractivity contribution in [1.82, 2.24) is 5.32 Å². The van der Waals surface area contributed by atoms with Gasteiger partial charge in [0, 0.05) is 6.92 Å². The van der Waals surface area contributed by atoms with Gasteiger partial charge in [0.15, 0.2) is 0 Å². The van der Waals surface area contributed by atoms with Crippen LogP contribution in [0, 0.1) is 0 Å². The number of hydrogen-bond donors (Lipinski definition) is 2. The molecule has 2 N–H and O–H groups in total. The van der Waals surface area contributed by atoms with Crippen molar-refractivity contribution < 1.29 is 29.0 Å². The van der Waals surface area contributed by atoms with Gasteiger partial charge in [-0.3, -0.25) is 4.79 Å². The van der Waals surface area contributed by atoms with Crippen LogP contribution in [0.25, 0.3) is 0 Å². The fourth-order valence-electron chi connectivity index (χ4n) is 1.32. The lowest BCUT2D eigenvalue weighted by Gasteiger charge is -2.21. The highest BCUT2D eigenvalue weighted by molar-refractivity contribution is 5.79. The molecule has 0 rings (SSSR count). The Hall–Kier alpha value is -2.05. The van der Waals surface area contributed by atoms with Crippen LogP contribution in [0.5, 0.6) is 0 Å². The summed E-state index contributed by atoms with van der Waals surface area (Å²) in [5.74, 6) is -1.51. The molecule has 0 aromatic carbocycles. The van der Waals surface area contributed by atoms with E-state index in [9.17, 15) is 14.4 Å². The molecule has 0 aromatic heterocycles. The molecule has 0 heterocycles. The third-order valence-corrected chi connectivity index (χ3v) is 2.16. The molecule has 0 spiro atoms. The predicted octanol–water partition coefficient (Wildman–Crippen LogP) is 1.86. The minimum atomic E-state index is -1.13. The van der Waals surface area contributed by atoms with E-state index < -0.39 is 23.7 Å². The summed E-state index contributed by atoms with van der Waals surface area (Å²) in [7, 11) is 0. The number of carboxylic acids is 1. The van der Waals surface area contributed by atoms with E-state index in [0.717, 1.165) is 0 Å². The third kappa shape index (κ3) is 11.5. The highest BCUT2D eigenvalue weighted by Crippen LogP contribution is 2.08. The molecule has 21 heavy (non-hydrogen) atoms.